The Kier molecular flexibility index (Phi) is 5.55. The number of rotatable bonds is 7. The van der Waals surface area contributed by atoms with E-state index < -0.39 is 0 Å². The van der Waals surface area contributed by atoms with Crippen molar-refractivity contribution in [3.63, 3.8) is 0 Å². The van der Waals surface area contributed by atoms with Crippen molar-refractivity contribution in [3.05, 3.63) is 59.7 Å². The Bertz CT molecular complexity index is 1130. The molecule has 3 heterocycles. The molecule has 1 aromatic carbocycles. The van der Waals surface area contributed by atoms with Gasteiger partial charge in [0.15, 0.2) is 0 Å². The van der Waals surface area contributed by atoms with Gasteiger partial charge in [0.1, 0.15) is 10.7 Å². The average molecular weight is 408 g/mol. The van der Waals surface area contributed by atoms with Crippen molar-refractivity contribution in [2.75, 3.05) is 26.1 Å². The van der Waals surface area contributed by atoms with Crippen molar-refractivity contribution in [1.29, 1.82) is 0 Å². The van der Waals surface area contributed by atoms with E-state index in [1.54, 1.807) is 37.9 Å². The molecule has 0 aliphatic carbocycles. The number of carbonyl (C=O) groups is 1. The number of carbonyl (C=O) groups excluding carboxylic acids is 1. The highest BCUT2D eigenvalue weighted by Gasteiger charge is 2.17. The van der Waals surface area contributed by atoms with Crippen LogP contribution in [0, 0.1) is 0 Å². The zero-order valence-electron chi connectivity index (χ0n) is 16.1. The summed E-state index contributed by atoms with van der Waals surface area (Å²) in [6.45, 7) is 1.30. The van der Waals surface area contributed by atoms with Crippen molar-refractivity contribution < 1.29 is 14.3 Å². The normalized spacial score (nSPS) is 11.0. The van der Waals surface area contributed by atoms with Gasteiger partial charge in [-0.3, -0.25) is 4.79 Å². The number of thiazole rings is 1. The van der Waals surface area contributed by atoms with E-state index in [1.165, 1.54) is 11.3 Å². The first-order valence-electron chi connectivity index (χ1n) is 9.04. The number of para-hydroxylation sites is 1. The minimum Gasteiger partial charge on any atom is -0.481 e. The molecule has 4 rings (SSSR count). The summed E-state index contributed by atoms with van der Waals surface area (Å²) in [5.74, 6) is 0.210. The topological polar surface area (TPSA) is 78.3 Å². The van der Waals surface area contributed by atoms with Gasteiger partial charge in [-0.1, -0.05) is 18.2 Å². The third kappa shape index (κ3) is 3.98. The largest absolute Gasteiger partial charge is 0.481 e. The molecule has 0 aliphatic heterocycles. The summed E-state index contributed by atoms with van der Waals surface area (Å²) in [6, 6.07) is 13.7. The van der Waals surface area contributed by atoms with Crippen LogP contribution < -0.4 is 10.1 Å². The van der Waals surface area contributed by atoms with Gasteiger partial charge in [0.2, 0.25) is 5.88 Å². The lowest BCUT2D eigenvalue weighted by Gasteiger charge is -2.08. The molecule has 29 heavy (non-hydrogen) atoms. The van der Waals surface area contributed by atoms with E-state index in [4.69, 9.17) is 9.47 Å². The fraction of sp³-hybridized carbons (Fsp3) is 0.190. The van der Waals surface area contributed by atoms with Gasteiger partial charge in [0.25, 0.3) is 5.91 Å². The SMILES string of the molecule is COCCn1c(-c2nc(C(=O)Nc3ccc(OC)nc3)cs2)cc2ccccc21. The molecule has 3 aromatic heterocycles. The number of hydrogen-bond acceptors (Lipinski definition) is 6. The van der Waals surface area contributed by atoms with Crippen molar-refractivity contribution in [1.82, 2.24) is 14.5 Å². The summed E-state index contributed by atoms with van der Waals surface area (Å²) in [4.78, 5) is 21.3. The molecule has 0 bridgehead atoms. The number of anilines is 1. The summed E-state index contributed by atoms with van der Waals surface area (Å²) >= 11 is 1.44. The second-order valence-electron chi connectivity index (χ2n) is 6.31. The second-order valence-corrected chi connectivity index (χ2v) is 7.17. The van der Waals surface area contributed by atoms with E-state index in [9.17, 15) is 4.79 Å². The molecule has 0 spiro atoms. The third-order valence-electron chi connectivity index (χ3n) is 4.49. The maximum absolute atomic E-state index is 12.6. The number of methoxy groups -OCH3 is 2. The zero-order valence-corrected chi connectivity index (χ0v) is 16.9. The molecule has 0 unspecified atom stereocenters. The third-order valence-corrected chi connectivity index (χ3v) is 5.35. The lowest BCUT2D eigenvalue weighted by atomic mass is 10.2. The molecular formula is C21H20N4O3S. The Morgan fingerprint density at radius 2 is 2.07 bits per heavy atom. The lowest BCUT2D eigenvalue weighted by Crippen LogP contribution is -2.12. The van der Waals surface area contributed by atoms with Crippen LogP contribution in [0.15, 0.2) is 54.0 Å². The Hall–Kier alpha value is -3.23. The maximum atomic E-state index is 12.6. The second kappa shape index (κ2) is 8.42. The van der Waals surface area contributed by atoms with Crippen LogP contribution in [0.5, 0.6) is 5.88 Å². The van der Waals surface area contributed by atoms with Gasteiger partial charge >= 0.3 is 0 Å². The molecule has 0 saturated heterocycles. The quantitative estimate of drug-likeness (QED) is 0.499. The van der Waals surface area contributed by atoms with Gasteiger partial charge in [0.05, 0.1) is 31.3 Å². The number of benzene rings is 1. The molecule has 0 radical (unpaired) electrons. The molecule has 0 aliphatic rings. The van der Waals surface area contributed by atoms with E-state index in [2.05, 4.69) is 38.1 Å². The minimum absolute atomic E-state index is 0.279. The molecule has 148 valence electrons. The highest BCUT2D eigenvalue weighted by Crippen LogP contribution is 2.30. The van der Waals surface area contributed by atoms with Crippen LogP contribution in [-0.4, -0.2) is 41.3 Å². The van der Waals surface area contributed by atoms with Crippen LogP contribution in [0.25, 0.3) is 21.6 Å². The Labute approximate surface area is 171 Å². The first kappa shape index (κ1) is 19.1. The van der Waals surface area contributed by atoms with Gasteiger partial charge in [-0.25, -0.2) is 9.97 Å². The standard InChI is InChI=1S/C21H20N4O3S/c1-27-10-9-25-17-6-4-3-5-14(17)11-18(25)21-24-16(13-29-21)20(26)23-15-7-8-19(28-2)22-12-15/h3-8,11-13H,9-10H2,1-2H3,(H,23,26). The Morgan fingerprint density at radius 1 is 1.21 bits per heavy atom. The van der Waals surface area contributed by atoms with Gasteiger partial charge < -0.3 is 19.4 Å². The summed E-state index contributed by atoms with van der Waals surface area (Å²) in [6.07, 6.45) is 1.55. The van der Waals surface area contributed by atoms with Crippen LogP contribution in [0.3, 0.4) is 0 Å². The molecular weight excluding hydrogens is 388 g/mol. The van der Waals surface area contributed by atoms with Crippen molar-refractivity contribution >= 4 is 33.8 Å². The molecule has 0 fully saturated rings. The van der Waals surface area contributed by atoms with Crippen molar-refractivity contribution in [3.8, 4) is 16.6 Å². The number of nitrogens with one attached hydrogen (secondary N) is 1. The van der Waals surface area contributed by atoms with Crippen LogP contribution in [0.4, 0.5) is 5.69 Å². The summed E-state index contributed by atoms with van der Waals surface area (Å²) in [5.41, 5.74) is 3.03. The molecule has 0 atom stereocenters. The fourth-order valence-corrected chi connectivity index (χ4v) is 3.90. The number of nitrogens with zero attached hydrogens (tertiary/aromatic N) is 3. The van der Waals surface area contributed by atoms with Crippen molar-refractivity contribution in [2.24, 2.45) is 0 Å². The minimum atomic E-state index is -0.279. The van der Waals surface area contributed by atoms with Gasteiger partial charge in [-0.2, -0.15) is 0 Å². The van der Waals surface area contributed by atoms with E-state index in [0.717, 1.165) is 21.6 Å². The van der Waals surface area contributed by atoms with E-state index in [1.807, 2.05) is 12.1 Å². The highest BCUT2D eigenvalue weighted by atomic mass is 32.1. The fourth-order valence-electron chi connectivity index (χ4n) is 3.08. The summed E-state index contributed by atoms with van der Waals surface area (Å²) in [5, 5.41) is 6.49. The number of fused-ring (bicyclic) bond motifs is 1. The molecule has 1 N–H and O–H groups in total. The van der Waals surface area contributed by atoms with Gasteiger partial charge in [0, 0.05) is 36.0 Å². The van der Waals surface area contributed by atoms with Crippen LogP contribution in [-0.2, 0) is 11.3 Å². The van der Waals surface area contributed by atoms with Crippen molar-refractivity contribution in [2.45, 2.75) is 6.54 Å². The zero-order chi connectivity index (χ0) is 20.2. The molecule has 8 heteroatoms. The number of pyridine rings is 1. The van der Waals surface area contributed by atoms with E-state index in [0.29, 0.717) is 30.4 Å². The predicted octanol–water partition coefficient (Wildman–Crippen LogP) is 4.07. The smallest absolute Gasteiger partial charge is 0.275 e. The first-order valence-corrected chi connectivity index (χ1v) is 9.92. The summed E-state index contributed by atoms with van der Waals surface area (Å²) < 4.78 is 12.5. The molecule has 0 saturated carbocycles. The monoisotopic (exact) mass is 408 g/mol. The van der Waals surface area contributed by atoms with E-state index >= 15 is 0 Å². The molecule has 4 aromatic rings. The maximum Gasteiger partial charge on any atom is 0.275 e. The molecule has 7 nitrogen and oxygen atoms in total. The molecule has 1 amide bonds. The number of aromatic nitrogens is 3. The number of amides is 1. The van der Waals surface area contributed by atoms with Gasteiger partial charge in [-0.15, -0.1) is 11.3 Å². The van der Waals surface area contributed by atoms with Crippen LogP contribution in [0.2, 0.25) is 0 Å². The summed E-state index contributed by atoms with van der Waals surface area (Å²) in [7, 11) is 3.23. The van der Waals surface area contributed by atoms with Crippen LogP contribution >= 0.6 is 11.3 Å². The Balaban J connectivity index is 1.60. The first-order chi connectivity index (χ1) is 14.2. The number of ether oxygens (including phenoxy) is 2. The number of hydrogen-bond donors (Lipinski definition) is 1. The highest BCUT2D eigenvalue weighted by molar-refractivity contribution is 7.13. The average Bonchev–Trinajstić information content (AvgIpc) is 3.38. The van der Waals surface area contributed by atoms with E-state index in [-0.39, 0.29) is 5.91 Å². The van der Waals surface area contributed by atoms with Gasteiger partial charge in [-0.05, 0) is 18.2 Å². The predicted molar refractivity (Wildman–Crippen MR) is 114 cm³/mol. The Morgan fingerprint density at radius 3 is 2.83 bits per heavy atom. The lowest BCUT2D eigenvalue weighted by molar-refractivity contribution is 0.102. The van der Waals surface area contributed by atoms with Crippen LogP contribution in [0.1, 0.15) is 10.5 Å².